The van der Waals surface area contributed by atoms with Gasteiger partial charge in [-0.25, -0.2) is 0 Å². The lowest BCUT2D eigenvalue weighted by Gasteiger charge is -2.17. The van der Waals surface area contributed by atoms with Crippen molar-refractivity contribution >= 4 is 17.5 Å². The van der Waals surface area contributed by atoms with Crippen LogP contribution in [0, 0.1) is 5.92 Å². The molecular formula is C14H17ClN2O. The van der Waals surface area contributed by atoms with Gasteiger partial charge in [0.15, 0.2) is 0 Å². The van der Waals surface area contributed by atoms with Gasteiger partial charge in [-0.2, -0.15) is 0 Å². The molecule has 0 spiro atoms. The van der Waals surface area contributed by atoms with Crippen LogP contribution in [0.25, 0.3) is 0 Å². The Labute approximate surface area is 112 Å². The van der Waals surface area contributed by atoms with E-state index in [-0.39, 0.29) is 23.9 Å². The lowest BCUT2D eigenvalue weighted by molar-refractivity contribution is -0.124. The van der Waals surface area contributed by atoms with Crippen molar-refractivity contribution in [2.24, 2.45) is 11.7 Å². The van der Waals surface area contributed by atoms with E-state index in [4.69, 9.17) is 17.3 Å². The summed E-state index contributed by atoms with van der Waals surface area (Å²) in [4.78, 5) is 12.0. The van der Waals surface area contributed by atoms with Crippen LogP contribution in [0.1, 0.15) is 24.9 Å². The zero-order valence-corrected chi connectivity index (χ0v) is 11.0. The molecule has 1 aromatic rings. The van der Waals surface area contributed by atoms with Crippen LogP contribution < -0.4 is 11.1 Å². The molecule has 0 aromatic heterocycles. The molecule has 1 aliphatic rings. The second kappa shape index (κ2) is 5.55. The molecule has 3 nitrogen and oxygen atoms in total. The summed E-state index contributed by atoms with van der Waals surface area (Å²) >= 11 is 5.83. The quantitative estimate of drug-likeness (QED) is 0.824. The van der Waals surface area contributed by atoms with E-state index in [2.05, 4.69) is 5.32 Å². The lowest BCUT2D eigenvalue weighted by atomic mass is 10.0. The summed E-state index contributed by atoms with van der Waals surface area (Å²) in [5.74, 6) is -0.0728. The predicted molar refractivity (Wildman–Crippen MR) is 73.2 cm³/mol. The van der Waals surface area contributed by atoms with Gasteiger partial charge < -0.3 is 11.1 Å². The first-order valence-corrected chi connectivity index (χ1v) is 6.44. The Morgan fingerprint density at radius 3 is 2.61 bits per heavy atom. The second-order valence-electron chi connectivity index (χ2n) is 4.67. The second-order valence-corrected chi connectivity index (χ2v) is 5.11. The largest absolute Gasteiger partial charge is 0.349 e. The number of nitrogens with two attached hydrogens (primary N) is 1. The highest BCUT2D eigenvalue weighted by atomic mass is 35.5. The van der Waals surface area contributed by atoms with Gasteiger partial charge in [-0.1, -0.05) is 35.9 Å². The van der Waals surface area contributed by atoms with Gasteiger partial charge in [0.1, 0.15) is 0 Å². The Morgan fingerprint density at radius 2 is 2.06 bits per heavy atom. The normalized spacial score (nSPS) is 23.9. The van der Waals surface area contributed by atoms with E-state index < -0.39 is 0 Å². The maximum atomic E-state index is 12.0. The molecule has 0 saturated heterocycles. The van der Waals surface area contributed by atoms with Crippen molar-refractivity contribution < 1.29 is 4.79 Å². The average Bonchev–Trinajstić information content (AvgIpc) is 2.76. The van der Waals surface area contributed by atoms with Crippen molar-refractivity contribution in [2.45, 2.75) is 25.4 Å². The summed E-state index contributed by atoms with van der Waals surface area (Å²) in [5.41, 5.74) is 6.78. The van der Waals surface area contributed by atoms with E-state index in [0.717, 1.165) is 5.56 Å². The Balaban J connectivity index is 1.95. The molecule has 4 heteroatoms. The van der Waals surface area contributed by atoms with Crippen LogP contribution >= 0.6 is 11.6 Å². The first-order valence-electron chi connectivity index (χ1n) is 6.06. The number of hydrogen-bond donors (Lipinski definition) is 2. The number of rotatable bonds is 3. The van der Waals surface area contributed by atoms with E-state index >= 15 is 0 Å². The fourth-order valence-corrected chi connectivity index (χ4v) is 2.20. The molecule has 0 aliphatic heterocycles. The minimum Gasteiger partial charge on any atom is -0.349 e. The van der Waals surface area contributed by atoms with Crippen molar-refractivity contribution in [2.75, 3.05) is 0 Å². The fraction of sp³-hybridized carbons (Fsp3) is 0.357. The molecule has 0 saturated carbocycles. The smallest absolute Gasteiger partial charge is 0.227 e. The van der Waals surface area contributed by atoms with Crippen molar-refractivity contribution in [1.29, 1.82) is 0 Å². The molecule has 0 bridgehead atoms. The van der Waals surface area contributed by atoms with E-state index in [9.17, 15) is 4.79 Å². The van der Waals surface area contributed by atoms with Crippen LogP contribution in [0.5, 0.6) is 0 Å². The summed E-state index contributed by atoms with van der Waals surface area (Å²) in [5, 5.41) is 3.69. The number of carbonyl (C=O) groups is 1. The van der Waals surface area contributed by atoms with E-state index in [0.29, 0.717) is 11.4 Å². The van der Waals surface area contributed by atoms with Crippen molar-refractivity contribution in [3.05, 3.63) is 47.0 Å². The number of carbonyl (C=O) groups excluding carboxylic acids is 1. The molecule has 1 aliphatic carbocycles. The van der Waals surface area contributed by atoms with Gasteiger partial charge in [-0.05, 0) is 31.0 Å². The standard InChI is InChI=1S/C14H17ClN2O/c1-9(10-2-5-12(15)6-3-10)17-14(18)11-4-7-13(16)8-11/h2-7,9,11,13H,8,16H2,1H3,(H,17,18)/t9-,11?,13?/m1/s1. The average molecular weight is 265 g/mol. The Morgan fingerprint density at radius 1 is 1.39 bits per heavy atom. The fourth-order valence-electron chi connectivity index (χ4n) is 2.08. The van der Waals surface area contributed by atoms with Crippen molar-refractivity contribution in [3.63, 3.8) is 0 Å². The zero-order valence-electron chi connectivity index (χ0n) is 10.3. The van der Waals surface area contributed by atoms with Gasteiger partial charge in [0.05, 0.1) is 12.0 Å². The van der Waals surface area contributed by atoms with E-state index in [1.807, 2.05) is 43.3 Å². The summed E-state index contributed by atoms with van der Waals surface area (Å²) in [6.45, 7) is 1.96. The van der Waals surface area contributed by atoms with Crippen molar-refractivity contribution in [3.8, 4) is 0 Å². The highest BCUT2D eigenvalue weighted by Gasteiger charge is 2.23. The van der Waals surface area contributed by atoms with Crippen LogP contribution in [0.4, 0.5) is 0 Å². The highest BCUT2D eigenvalue weighted by molar-refractivity contribution is 6.30. The highest BCUT2D eigenvalue weighted by Crippen LogP contribution is 2.20. The summed E-state index contributed by atoms with van der Waals surface area (Å²) in [6, 6.07) is 7.47. The first kappa shape index (κ1) is 13.1. The molecule has 0 heterocycles. The van der Waals surface area contributed by atoms with Crippen LogP contribution in [-0.2, 0) is 4.79 Å². The first-order chi connectivity index (χ1) is 8.56. The van der Waals surface area contributed by atoms with Crippen LogP contribution in [0.3, 0.4) is 0 Å². The summed E-state index contributed by atoms with van der Waals surface area (Å²) in [6.07, 6.45) is 4.46. The Bertz CT molecular complexity index is 455. The molecular weight excluding hydrogens is 248 g/mol. The Kier molecular flexibility index (Phi) is 4.04. The summed E-state index contributed by atoms with van der Waals surface area (Å²) < 4.78 is 0. The number of benzene rings is 1. The van der Waals surface area contributed by atoms with Gasteiger partial charge in [-0.3, -0.25) is 4.79 Å². The SMILES string of the molecule is C[C@@H](NC(=O)C1C=CC(N)C1)c1ccc(Cl)cc1. The maximum Gasteiger partial charge on any atom is 0.227 e. The van der Waals surface area contributed by atoms with Gasteiger partial charge in [0.25, 0.3) is 0 Å². The summed E-state index contributed by atoms with van der Waals surface area (Å²) in [7, 11) is 0. The van der Waals surface area contributed by atoms with Crippen LogP contribution in [0.15, 0.2) is 36.4 Å². The number of amides is 1. The molecule has 3 N–H and O–H groups in total. The van der Waals surface area contributed by atoms with Crippen molar-refractivity contribution in [1.82, 2.24) is 5.32 Å². The number of halogens is 1. The van der Waals surface area contributed by atoms with E-state index in [1.165, 1.54) is 0 Å². The number of hydrogen-bond acceptors (Lipinski definition) is 2. The Hall–Kier alpha value is -1.32. The van der Waals surface area contributed by atoms with Gasteiger partial charge in [-0.15, -0.1) is 0 Å². The molecule has 0 radical (unpaired) electrons. The molecule has 1 aromatic carbocycles. The molecule has 18 heavy (non-hydrogen) atoms. The minimum absolute atomic E-state index is 0.00610. The molecule has 2 rings (SSSR count). The van der Waals surface area contributed by atoms with Crippen LogP contribution in [0.2, 0.25) is 5.02 Å². The molecule has 3 atom stereocenters. The monoisotopic (exact) mass is 264 g/mol. The third-order valence-electron chi connectivity index (χ3n) is 3.18. The minimum atomic E-state index is -0.102. The molecule has 2 unspecified atom stereocenters. The topological polar surface area (TPSA) is 55.1 Å². The lowest BCUT2D eigenvalue weighted by Crippen LogP contribution is -2.32. The van der Waals surface area contributed by atoms with Gasteiger partial charge in [0.2, 0.25) is 5.91 Å². The predicted octanol–water partition coefficient (Wildman–Crippen LogP) is 2.42. The zero-order chi connectivity index (χ0) is 13.1. The van der Waals surface area contributed by atoms with E-state index in [1.54, 1.807) is 0 Å². The van der Waals surface area contributed by atoms with Crippen LogP contribution in [-0.4, -0.2) is 11.9 Å². The van der Waals surface area contributed by atoms with Gasteiger partial charge in [0, 0.05) is 11.1 Å². The third kappa shape index (κ3) is 3.12. The number of nitrogens with one attached hydrogen (secondary N) is 1. The van der Waals surface area contributed by atoms with Gasteiger partial charge >= 0.3 is 0 Å². The molecule has 1 amide bonds. The third-order valence-corrected chi connectivity index (χ3v) is 3.43. The molecule has 96 valence electrons. The maximum absolute atomic E-state index is 12.0. The molecule has 0 fully saturated rings.